The van der Waals surface area contributed by atoms with Crippen LogP contribution in [0.4, 0.5) is 0 Å². The summed E-state index contributed by atoms with van der Waals surface area (Å²) in [6.45, 7) is 1.08. The van der Waals surface area contributed by atoms with Gasteiger partial charge in [0.2, 0.25) is 5.91 Å². The van der Waals surface area contributed by atoms with Gasteiger partial charge >= 0.3 is 0 Å². The van der Waals surface area contributed by atoms with Crippen LogP contribution in [0.15, 0.2) is 53.1 Å². The summed E-state index contributed by atoms with van der Waals surface area (Å²) in [5, 5.41) is 5.59. The van der Waals surface area contributed by atoms with E-state index in [1.165, 1.54) is 11.8 Å². The van der Waals surface area contributed by atoms with Crippen LogP contribution in [0.3, 0.4) is 0 Å². The number of hydrogen-bond donors (Lipinski definition) is 2. The molecule has 0 radical (unpaired) electrons. The van der Waals surface area contributed by atoms with E-state index in [2.05, 4.69) is 10.6 Å². The first-order valence-corrected chi connectivity index (χ1v) is 7.38. The predicted octanol–water partition coefficient (Wildman–Crippen LogP) is 2.15. The van der Waals surface area contributed by atoms with E-state index in [-0.39, 0.29) is 17.6 Å². The van der Waals surface area contributed by atoms with Crippen LogP contribution in [-0.2, 0) is 11.2 Å². The third-order valence-corrected chi connectivity index (χ3v) is 3.19. The molecule has 0 spiro atoms. The van der Waals surface area contributed by atoms with Crippen molar-refractivity contribution in [1.29, 1.82) is 0 Å². The Hall–Kier alpha value is -2.56. The zero-order chi connectivity index (χ0) is 15.6. The molecule has 0 fully saturated rings. The number of amides is 2. The first-order valence-electron chi connectivity index (χ1n) is 7.38. The van der Waals surface area contributed by atoms with Gasteiger partial charge in [0.1, 0.15) is 0 Å². The number of rotatable bonds is 8. The molecule has 22 heavy (non-hydrogen) atoms. The molecule has 1 aromatic carbocycles. The standard InChI is InChI=1S/C17H20N2O3/c20-16(18-12-10-14-6-2-1-3-7-14)9-4-11-19-17(21)15-8-5-13-22-15/h1-3,5-8,13H,4,9-12H2,(H,18,20)(H,19,21). The maximum absolute atomic E-state index is 11.7. The van der Waals surface area contributed by atoms with Crippen molar-refractivity contribution in [3.8, 4) is 0 Å². The van der Waals surface area contributed by atoms with Gasteiger partial charge in [0.25, 0.3) is 5.91 Å². The highest BCUT2D eigenvalue weighted by molar-refractivity contribution is 5.91. The maximum atomic E-state index is 11.7. The van der Waals surface area contributed by atoms with E-state index < -0.39 is 0 Å². The van der Waals surface area contributed by atoms with E-state index >= 15 is 0 Å². The average Bonchev–Trinajstić information content (AvgIpc) is 3.07. The van der Waals surface area contributed by atoms with E-state index in [4.69, 9.17) is 4.42 Å². The lowest BCUT2D eigenvalue weighted by molar-refractivity contribution is -0.121. The van der Waals surface area contributed by atoms with Crippen LogP contribution >= 0.6 is 0 Å². The third-order valence-electron chi connectivity index (χ3n) is 3.19. The van der Waals surface area contributed by atoms with Crippen molar-refractivity contribution < 1.29 is 14.0 Å². The summed E-state index contributed by atoms with van der Waals surface area (Å²) in [7, 11) is 0. The third kappa shape index (κ3) is 5.44. The van der Waals surface area contributed by atoms with Crippen molar-refractivity contribution in [3.05, 3.63) is 60.1 Å². The highest BCUT2D eigenvalue weighted by Gasteiger charge is 2.07. The van der Waals surface area contributed by atoms with Gasteiger partial charge in [0.05, 0.1) is 6.26 Å². The van der Waals surface area contributed by atoms with Gasteiger partial charge in [-0.25, -0.2) is 0 Å². The second-order valence-electron chi connectivity index (χ2n) is 4.92. The van der Waals surface area contributed by atoms with E-state index in [9.17, 15) is 9.59 Å². The summed E-state index contributed by atoms with van der Waals surface area (Å²) in [4.78, 5) is 23.2. The van der Waals surface area contributed by atoms with Crippen molar-refractivity contribution in [3.63, 3.8) is 0 Å². The molecule has 116 valence electrons. The Balaban J connectivity index is 1.53. The van der Waals surface area contributed by atoms with Crippen molar-refractivity contribution in [1.82, 2.24) is 10.6 Å². The molecule has 0 unspecified atom stereocenters. The van der Waals surface area contributed by atoms with Crippen molar-refractivity contribution in [2.24, 2.45) is 0 Å². The smallest absolute Gasteiger partial charge is 0.286 e. The van der Waals surface area contributed by atoms with Crippen molar-refractivity contribution in [2.75, 3.05) is 13.1 Å². The van der Waals surface area contributed by atoms with Gasteiger partial charge in [-0.15, -0.1) is 0 Å². The minimum Gasteiger partial charge on any atom is -0.459 e. The van der Waals surface area contributed by atoms with E-state index in [0.29, 0.717) is 25.9 Å². The first-order chi connectivity index (χ1) is 10.8. The number of benzene rings is 1. The molecular formula is C17H20N2O3. The number of carbonyl (C=O) groups excluding carboxylic acids is 2. The highest BCUT2D eigenvalue weighted by Crippen LogP contribution is 2.00. The van der Waals surface area contributed by atoms with Crippen LogP contribution < -0.4 is 10.6 Å². The molecule has 2 rings (SSSR count). The van der Waals surface area contributed by atoms with Gasteiger partial charge < -0.3 is 15.1 Å². The fraction of sp³-hybridized carbons (Fsp3) is 0.294. The number of hydrogen-bond acceptors (Lipinski definition) is 3. The predicted molar refractivity (Wildman–Crippen MR) is 83.4 cm³/mol. The summed E-state index contributed by atoms with van der Waals surface area (Å²) in [5.74, 6) is 0.0324. The summed E-state index contributed by atoms with van der Waals surface area (Å²) < 4.78 is 4.98. The van der Waals surface area contributed by atoms with Crippen LogP contribution in [0, 0.1) is 0 Å². The molecule has 0 aliphatic rings. The fourth-order valence-electron chi connectivity index (χ4n) is 2.03. The minimum absolute atomic E-state index is 0.00294. The van der Waals surface area contributed by atoms with Crippen molar-refractivity contribution >= 4 is 11.8 Å². The van der Waals surface area contributed by atoms with E-state index in [1.54, 1.807) is 12.1 Å². The summed E-state index contributed by atoms with van der Waals surface area (Å²) >= 11 is 0. The molecule has 0 aliphatic heterocycles. The number of furan rings is 1. The largest absolute Gasteiger partial charge is 0.459 e. The molecule has 2 N–H and O–H groups in total. The zero-order valence-electron chi connectivity index (χ0n) is 12.4. The molecule has 2 amide bonds. The Morgan fingerprint density at radius 1 is 0.955 bits per heavy atom. The van der Waals surface area contributed by atoms with Crippen LogP contribution in [0.2, 0.25) is 0 Å². The van der Waals surface area contributed by atoms with Gasteiger partial charge in [-0.2, -0.15) is 0 Å². The Bertz CT molecular complexity index is 579. The monoisotopic (exact) mass is 300 g/mol. The SMILES string of the molecule is O=C(CCCNC(=O)c1ccco1)NCCc1ccccc1. The fourth-order valence-corrected chi connectivity index (χ4v) is 2.03. The Kier molecular flexibility index (Phi) is 6.23. The maximum Gasteiger partial charge on any atom is 0.286 e. The van der Waals surface area contributed by atoms with E-state index in [0.717, 1.165) is 6.42 Å². The van der Waals surface area contributed by atoms with Gasteiger partial charge in [0.15, 0.2) is 5.76 Å². The van der Waals surface area contributed by atoms with Crippen LogP contribution in [0.25, 0.3) is 0 Å². The Morgan fingerprint density at radius 2 is 1.77 bits per heavy atom. The normalized spacial score (nSPS) is 10.2. The molecule has 5 nitrogen and oxygen atoms in total. The second-order valence-corrected chi connectivity index (χ2v) is 4.92. The summed E-state index contributed by atoms with van der Waals surface area (Å²) in [5.41, 5.74) is 1.20. The quantitative estimate of drug-likeness (QED) is 0.734. The number of carbonyl (C=O) groups is 2. The topological polar surface area (TPSA) is 71.3 Å². The summed E-state index contributed by atoms with van der Waals surface area (Å²) in [6.07, 6.45) is 3.27. The van der Waals surface area contributed by atoms with E-state index in [1.807, 2.05) is 30.3 Å². The molecule has 0 bridgehead atoms. The van der Waals surface area contributed by atoms with Crippen LogP contribution in [0.5, 0.6) is 0 Å². The lowest BCUT2D eigenvalue weighted by atomic mass is 10.1. The van der Waals surface area contributed by atoms with Gasteiger partial charge in [-0.1, -0.05) is 30.3 Å². The van der Waals surface area contributed by atoms with Gasteiger partial charge in [-0.3, -0.25) is 9.59 Å². The van der Waals surface area contributed by atoms with Gasteiger partial charge in [0, 0.05) is 19.5 Å². The first kappa shape index (κ1) is 15.8. The molecule has 0 saturated heterocycles. The Morgan fingerprint density at radius 3 is 2.50 bits per heavy atom. The van der Waals surface area contributed by atoms with Crippen LogP contribution in [0.1, 0.15) is 29.0 Å². The number of nitrogens with one attached hydrogen (secondary N) is 2. The molecule has 0 aliphatic carbocycles. The zero-order valence-corrected chi connectivity index (χ0v) is 12.4. The second kappa shape index (κ2) is 8.67. The lowest BCUT2D eigenvalue weighted by Gasteiger charge is -2.06. The average molecular weight is 300 g/mol. The molecule has 1 heterocycles. The lowest BCUT2D eigenvalue weighted by Crippen LogP contribution is -2.28. The molecular weight excluding hydrogens is 280 g/mol. The molecule has 5 heteroatoms. The molecule has 0 atom stereocenters. The van der Waals surface area contributed by atoms with Crippen molar-refractivity contribution in [2.45, 2.75) is 19.3 Å². The molecule has 1 aromatic heterocycles. The van der Waals surface area contributed by atoms with Gasteiger partial charge in [-0.05, 0) is 30.5 Å². The van der Waals surface area contributed by atoms with Crippen LogP contribution in [-0.4, -0.2) is 24.9 Å². The molecule has 0 saturated carbocycles. The minimum atomic E-state index is -0.255. The highest BCUT2D eigenvalue weighted by atomic mass is 16.3. The molecule has 2 aromatic rings. The summed E-state index contributed by atoms with van der Waals surface area (Å²) in [6, 6.07) is 13.3. The Labute approximate surface area is 129 Å².